The highest BCUT2D eigenvalue weighted by molar-refractivity contribution is 7.86. The quantitative estimate of drug-likeness (QED) is 0.246. The largest absolute Gasteiger partial charge is 0.464 e. The Balaban J connectivity index is 2.10. The van der Waals surface area contributed by atoms with E-state index in [0.29, 0.717) is 12.2 Å². The molecule has 0 spiro atoms. The first-order valence-electron chi connectivity index (χ1n) is 10.3. The summed E-state index contributed by atoms with van der Waals surface area (Å²) in [4.78, 5) is 11.7. The van der Waals surface area contributed by atoms with Crippen LogP contribution in [0.15, 0.2) is 29.2 Å². The van der Waals surface area contributed by atoms with E-state index in [1.54, 1.807) is 12.1 Å². The molecule has 1 aromatic rings. The first kappa shape index (κ1) is 24.6. The van der Waals surface area contributed by atoms with Crippen LogP contribution in [-0.4, -0.2) is 27.6 Å². The molecule has 0 aliphatic carbocycles. The van der Waals surface area contributed by atoms with Crippen molar-refractivity contribution in [2.24, 2.45) is 5.73 Å². The van der Waals surface area contributed by atoms with E-state index in [4.69, 9.17) is 14.7 Å². The highest BCUT2D eigenvalue weighted by Gasteiger charge is 2.18. The van der Waals surface area contributed by atoms with E-state index < -0.39 is 22.7 Å². The Morgan fingerprint density at radius 3 is 2.18 bits per heavy atom. The SMILES string of the molecule is CCCCCCCCCCCCOC(=O)COS(=O)(=O)c1cccc(CN)c1. The number of esters is 1. The molecule has 6 nitrogen and oxygen atoms in total. The van der Waals surface area contributed by atoms with Gasteiger partial charge >= 0.3 is 5.97 Å². The van der Waals surface area contributed by atoms with Crippen LogP contribution in [0.5, 0.6) is 0 Å². The molecule has 0 fully saturated rings. The number of nitrogens with two attached hydrogens (primary N) is 1. The van der Waals surface area contributed by atoms with Crippen molar-refractivity contribution < 1.29 is 22.1 Å². The van der Waals surface area contributed by atoms with Crippen LogP contribution >= 0.6 is 0 Å². The van der Waals surface area contributed by atoms with Crippen molar-refractivity contribution in [3.05, 3.63) is 29.8 Å². The molecule has 1 rings (SSSR count). The van der Waals surface area contributed by atoms with Gasteiger partial charge in [0.1, 0.15) is 0 Å². The number of rotatable bonds is 16. The smallest absolute Gasteiger partial charge is 0.333 e. The van der Waals surface area contributed by atoms with Crippen molar-refractivity contribution in [1.29, 1.82) is 0 Å². The van der Waals surface area contributed by atoms with Gasteiger partial charge in [-0.15, -0.1) is 0 Å². The Kier molecular flexibility index (Phi) is 12.8. The number of unbranched alkanes of at least 4 members (excludes halogenated alkanes) is 9. The van der Waals surface area contributed by atoms with Crippen molar-refractivity contribution in [3.63, 3.8) is 0 Å². The molecule has 0 bridgehead atoms. The third-order valence-corrected chi connectivity index (χ3v) is 5.78. The number of benzene rings is 1. The Bertz CT molecular complexity index is 661. The molecule has 0 saturated heterocycles. The van der Waals surface area contributed by atoms with Gasteiger partial charge in [0.2, 0.25) is 0 Å². The summed E-state index contributed by atoms with van der Waals surface area (Å²) in [6.07, 6.45) is 12.0. The molecule has 0 aliphatic heterocycles. The van der Waals surface area contributed by atoms with Crippen molar-refractivity contribution in [2.45, 2.75) is 82.6 Å². The third-order valence-electron chi connectivity index (χ3n) is 4.52. The van der Waals surface area contributed by atoms with Crippen molar-refractivity contribution in [1.82, 2.24) is 0 Å². The minimum absolute atomic E-state index is 0.0158. The van der Waals surface area contributed by atoms with E-state index in [-0.39, 0.29) is 11.4 Å². The summed E-state index contributed by atoms with van der Waals surface area (Å²) >= 11 is 0. The number of hydrogen-bond acceptors (Lipinski definition) is 6. The lowest BCUT2D eigenvalue weighted by Crippen LogP contribution is -2.17. The standard InChI is InChI=1S/C21H35NO5S/c1-2-3-4-5-6-7-8-9-10-11-15-26-21(23)18-27-28(24,25)20-14-12-13-19(16-20)17-22/h12-14,16H,2-11,15,17-18,22H2,1H3. The summed E-state index contributed by atoms with van der Waals surface area (Å²) in [5.74, 6) is -0.672. The topological polar surface area (TPSA) is 95.7 Å². The summed E-state index contributed by atoms with van der Waals surface area (Å²) in [7, 11) is -4.00. The normalized spacial score (nSPS) is 11.5. The zero-order valence-electron chi connectivity index (χ0n) is 17.0. The van der Waals surface area contributed by atoms with E-state index in [2.05, 4.69) is 6.92 Å². The molecule has 0 heterocycles. The third kappa shape index (κ3) is 10.8. The average Bonchev–Trinajstić information content (AvgIpc) is 2.70. The maximum Gasteiger partial charge on any atom is 0.333 e. The second kappa shape index (κ2) is 14.5. The van der Waals surface area contributed by atoms with Crippen LogP contribution in [0, 0.1) is 0 Å². The molecule has 0 atom stereocenters. The number of hydrogen-bond donors (Lipinski definition) is 1. The van der Waals surface area contributed by atoms with Gasteiger partial charge in [-0.1, -0.05) is 76.8 Å². The van der Waals surface area contributed by atoms with Gasteiger partial charge in [-0.2, -0.15) is 8.42 Å². The molecular weight excluding hydrogens is 378 g/mol. The van der Waals surface area contributed by atoms with Crippen molar-refractivity contribution in [3.8, 4) is 0 Å². The van der Waals surface area contributed by atoms with Crippen LogP contribution in [-0.2, 0) is 30.4 Å². The maximum atomic E-state index is 12.1. The lowest BCUT2D eigenvalue weighted by Gasteiger charge is -2.08. The second-order valence-corrected chi connectivity index (χ2v) is 8.59. The molecular formula is C21H35NO5S. The lowest BCUT2D eigenvalue weighted by atomic mass is 10.1. The van der Waals surface area contributed by atoms with Crippen LogP contribution in [0.1, 0.15) is 76.7 Å². The zero-order chi connectivity index (χ0) is 20.7. The highest BCUT2D eigenvalue weighted by atomic mass is 32.2. The van der Waals surface area contributed by atoms with E-state index in [1.807, 2.05) is 0 Å². The predicted octanol–water partition coefficient (Wildman–Crippen LogP) is 4.31. The zero-order valence-corrected chi connectivity index (χ0v) is 17.8. The van der Waals surface area contributed by atoms with Crippen molar-refractivity contribution in [2.75, 3.05) is 13.2 Å². The van der Waals surface area contributed by atoms with Gasteiger partial charge in [-0.05, 0) is 24.1 Å². The molecule has 0 unspecified atom stereocenters. The Hall–Kier alpha value is -1.44. The molecule has 7 heteroatoms. The van der Waals surface area contributed by atoms with Gasteiger partial charge in [0.05, 0.1) is 11.5 Å². The van der Waals surface area contributed by atoms with Gasteiger partial charge in [0.25, 0.3) is 10.1 Å². The number of ether oxygens (including phenoxy) is 1. The van der Waals surface area contributed by atoms with Crippen LogP contribution in [0.3, 0.4) is 0 Å². The minimum Gasteiger partial charge on any atom is -0.464 e. The Morgan fingerprint density at radius 2 is 1.57 bits per heavy atom. The fraction of sp³-hybridized carbons (Fsp3) is 0.667. The first-order chi connectivity index (χ1) is 13.5. The van der Waals surface area contributed by atoms with Crippen LogP contribution < -0.4 is 5.73 Å². The molecule has 0 aliphatic rings. The first-order valence-corrected chi connectivity index (χ1v) is 11.7. The lowest BCUT2D eigenvalue weighted by molar-refractivity contribution is -0.146. The fourth-order valence-corrected chi connectivity index (χ4v) is 3.77. The van der Waals surface area contributed by atoms with Gasteiger partial charge in [-0.25, -0.2) is 4.79 Å². The van der Waals surface area contributed by atoms with Gasteiger partial charge < -0.3 is 10.5 Å². The van der Waals surface area contributed by atoms with Gasteiger partial charge in [-0.3, -0.25) is 4.18 Å². The Labute approximate surface area is 169 Å². The van der Waals surface area contributed by atoms with E-state index >= 15 is 0 Å². The molecule has 0 saturated carbocycles. The van der Waals surface area contributed by atoms with E-state index in [1.165, 1.54) is 57.1 Å². The van der Waals surface area contributed by atoms with Crippen molar-refractivity contribution >= 4 is 16.1 Å². The molecule has 0 radical (unpaired) electrons. The average molecular weight is 414 g/mol. The monoisotopic (exact) mass is 413 g/mol. The maximum absolute atomic E-state index is 12.1. The summed E-state index contributed by atoms with van der Waals surface area (Å²) in [5.41, 5.74) is 6.18. The van der Waals surface area contributed by atoms with Crippen LogP contribution in [0.25, 0.3) is 0 Å². The van der Waals surface area contributed by atoms with E-state index in [0.717, 1.165) is 19.3 Å². The number of carbonyl (C=O) groups is 1. The van der Waals surface area contributed by atoms with Crippen LogP contribution in [0.2, 0.25) is 0 Å². The second-order valence-electron chi connectivity index (χ2n) is 6.97. The molecule has 2 N–H and O–H groups in total. The fourth-order valence-electron chi connectivity index (χ4n) is 2.84. The van der Waals surface area contributed by atoms with E-state index in [9.17, 15) is 13.2 Å². The Morgan fingerprint density at radius 1 is 0.964 bits per heavy atom. The molecule has 1 aromatic carbocycles. The summed E-state index contributed by atoms with van der Waals surface area (Å²) in [6, 6.07) is 6.15. The summed E-state index contributed by atoms with van der Waals surface area (Å²) < 4.78 is 34.0. The minimum atomic E-state index is -4.00. The summed E-state index contributed by atoms with van der Waals surface area (Å²) in [6.45, 7) is 2.12. The molecule has 160 valence electrons. The summed E-state index contributed by atoms with van der Waals surface area (Å²) in [5, 5.41) is 0. The molecule has 0 amide bonds. The highest BCUT2D eigenvalue weighted by Crippen LogP contribution is 2.14. The van der Waals surface area contributed by atoms with Crippen LogP contribution in [0.4, 0.5) is 0 Å². The predicted molar refractivity (Wildman–Crippen MR) is 110 cm³/mol. The number of carbonyl (C=O) groups excluding carboxylic acids is 1. The molecule has 28 heavy (non-hydrogen) atoms. The van der Waals surface area contributed by atoms with Gasteiger partial charge in [0.15, 0.2) is 6.61 Å². The van der Waals surface area contributed by atoms with Gasteiger partial charge in [0, 0.05) is 6.54 Å². The molecule has 0 aromatic heterocycles.